The monoisotopic (exact) mass is 373 g/mol. The fourth-order valence-corrected chi connectivity index (χ4v) is 4.71. The van der Waals surface area contributed by atoms with E-state index in [1.54, 1.807) is 24.3 Å². The molecule has 0 N–H and O–H groups in total. The van der Waals surface area contributed by atoms with E-state index in [4.69, 9.17) is 4.74 Å². The van der Waals surface area contributed by atoms with E-state index in [1.807, 2.05) is 30.3 Å². The number of fused-ring (bicyclic) bond motifs is 5. The first-order chi connectivity index (χ1) is 13.6. The predicted octanol–water partition coefficient (Wildman–Crippen LogP) is 3.36. The summed E-state index contributed by atoms with van der Waals surface area (Å²) in [6.45, 7) is 0.198. The smallest absolute Gasteiger partial charge is 0.338 e. The summed E-state index contributed by atoms with van der Waals surface area (Å²) in [5.41, 5.74) is 1.82. The highest BCUT2D eigenvalue weighted by Crippen LogP contribution is 2.53. The van der Waals surface area contributed by atoms with Crippen molar-refractivity contribution in [3.05, 3.63) is 77.9 Å². The topological polar surface area (TPSA) is 63.7 Å². The molecule has 2 aliphatic carbocycles. The zero-order chi connectivity index (χ0) is 19.3. The van der Waals surface area contributed by atoms with E-state index in [0.29, 0.717) is 11.3 Å². The number of hydrogen-bond acceptors (Lipinski definition) is 4. The van der Waals surface area contributed by atoms with Crippen molar-refractivity contribution in [3.63, 3.8) is 0 Å². The molecule has 28 heavy (non-hydrogen) atoms. The summed E-state index contributed by atoms with van der Waals surface area (Å²) in [5.74, 6) is -0.755. The number of benzene rings is 2. The van der Waals surface area contributed by atoms with Crippen LogP contribution in [0.25, 0.3) is 0 Å². The summed E-state index contributed by atoms with van der Waals surface area (Å²) >= 11 is 0. The Kier molecular flexibility index (Phi) is 3.90. The van der Waals surface area contributed by atoms with Crippen molar-refractivity contribution in [1.82, 2.24) is 0 Å². The van der Waals surface area contributed by atoms with Gasteiger partial charge in [-0.05, 0) is 48.1 Å². The van der Waals surface area contributed by atoms with Crippen molar-refractivity contribution in [2.24, 2.45) is 23.7 Å². The molecule has 3 aliphatic rings. The van der Waals surface area contributed by atoms with E-state index in [-0.39, 0.29) is 42.1 Å². The summed E-state index contributed by atoms with van der Waals surface area (Å²) in [7, 11) is 0. The van der Waals surface area contributed by atoms with E-state index in [9.17, 15) is 14.4 Å². The number of carbonyl (C=O) groups excluding carboxylic acids is 3. The average Bonchev–Trinajstić information content (AvgIpc) is 3.41. The molecule has 0 radical (unpaired) electrons. The summed E-state index contributed by atoms with van der Waals surface area (Å²) in [4.78, 5) is 39.2. The summed E-state index contributed by atoms with van der Waals surface area (Å²) < 4.78 is 5.32. The maximum absolute atomic E-state index is 12.8. The number of ether oxygens (including phenoxy) is 1. The minimum absolute atomic E-state index is 0.119. The highest BCUT2D eigenvalue weighted by Gasteiger charge is 2.59. The largest absolute Gasteiger partial charge is 0.457 e. The van der Waals surface area contributed by atoms with Gasteiger partial charge in [-0.2, -0.15) is 0 Å². The normalized spacial score (nSPS) is 27.4. The number of rotatable bonds is 4. The Bertz CT molecular complexity index is 949. The molecule has 5 rings (SSSR count). The lowest BCUT2D eigenvalue weighted by molar-refractivity contribution is -0.123. The van der Waals surface area contributed by atoms with Crippen LogP contribution in [0.4, 0.5) is 5.69 Å². The fraction of sp³-hybridized carbons (Fsp3) is 0.261. The van der Waals surface area contributed by atoms with Gasteiger partial charge in [-0.3, -0.25) is 14.5 Å². The zero-order valence-corrected chi connectivity index (χ0v) is 15.2. The van der Waals surface area contributed by atoms with Gasteiger partial charge in [-0.1, -0.05) is 42.5 Å². The van der Waals surface area contributed by atoms with E-state index in [2.05, 4.69) is 12.2 Å². The first-order valence-electron chi connectivity index (χ1n) is 9.51. The lowest BCUT2D eigenvalue weighted by atomic mass is 9.85. The third kappa shape index (κ3) is 2.58. The maximum Gasteiger partial charge on any atom is 0.338 e. The lowest BCUT2D eigenvalue weighted by Crippen LogP contribution is -2.32. The zero-order valence-electron chi connectivity index (χ0n) is 15.2. The third-order valence-corrected chi connectivity index (χ3v) is 6.04. The van der Waals surface area contributed by atoms with Crippen LogP contribution >= 0.6 is 0 Å². The number of allylic oxidation sites excluding steroid dienone is 2. The summed E-state index contributed by atoms with van der Waals surface area (Å²) in [5, 5.41) is 0. The Morgan fingerprint density at radius 3 is 2.11 bits per heavy atom. The molecule has 2 bridgehead atoms. The van der Waals surface area contributed by atoms with Gasteiger partial charge >= 0.3 is 5.97 Å². The Hall–Kier alpha value is -3.21. The van der Waals surface area contributed by atoms with Gasteiger partial charge in [0.2, 0.25) is 11.8 Å². The Morgan fingerprint density at radius 1 is 0.893 bits per heavy atom. The molecule has 5 nitrogen and oxygen atoms in total. The van der Waals surface area contributed by atoms with Crippen LogP contribution in [-0.4, -0.2) is 17.8 Å². The molecule has 2 amide bonds. The van der Waals surface area contributed by atoms with Crippen LogP contribution in [-0.2, 0) is 20.9 Å². The van der Waals surface area contributed by atoms with Gasteiger partial charge in [-0.25, -0.2) is 4.79 Å². The van der Waals surface area contributed by atoms with Gasteiger partial charge in [0, 0.05) is 0 Å². The van der Waals surface area contributed by atoms with Gasteiger partial charge in [0.1, 0.15) is 6.61 Å². The second-order valence-corrected chi connectivity index (χ2v) is 7.62. The molecule has 1 aliphatic heterocycles. The van der Waals surface area contributed by atoms with Crippen LogP contribution in [0.15, 0.2) is 66.7 Å². The molecule has 5 heteroatoms. The minimum Gasteiger partial charge on any atom is -0.457 e. The SMILES string of the molecule is O=C(OCc1ccccc1)c1ccc(N2C(=O)[C@H]3[C@H](C2=O)[C@H]2C=C[C@H]3C2)cc1. The minimum atomic E-state index is -0.436. The molecule has 0 spiro atoms. The molecule has 0 aromatic heterocycles. The third-order valence-electron chi connectivity index (χ3n) is 6.04. The van der Waals surface area contributed by atoms with Crippen molar-refractivity contribution < 1.29 is 19.1 Å². The summed E-state index contributed by atoms with van der Waals surface area (Å²) in [6, 6.07) is 15.9. The standard InChI is InChI=1S/C23H19NO4/c25-21-19-16-6-7-17(12-16)20(19)22(26)24(21)18-10-8-15(9-11-18)23(27)28-13-14-4-2-1-3-5-14/h1-11,16-17,19-20H,12-13H2/t16-,17-,19+,20+/m0/s1. The molecule has 2 aromatic rings. The molecule has 4 atom stereocenters. The molecule has 1 saturated carbocycles. The molecular formula is C23H19NO4. The van der Waals surface area contributed by atoms with E-state index < -0.39 is 5.97 Å². The van der Waals surface area contributed by atoms with Gasteiger partial charge in [-0.15, -0.1) is 0 Å². The average molecular weight is 373 g/mol. The van der Waals surface area contributed by atoms with Crippen LogP contribution in [0.2, 0.25) is 0 Å². The summed E-state index contributed by atoms with van der Waals surface area (Å²) in [6.07, 6.45) is 5.06. The van der Waals surface area contributed by atoms with Gasteiger partial charge < -0.3 is 4.74 Å². The lowest BCUT2D eigenvalue weighted by Gasteiger charge is -2.17. The molecule has 1 heterocycles. The van der Waals surface area contributed by atoms with Crippen molar-refractivity contribution >= 4 is 23.5 Å². The number of nitrogens with zero attached hydrogens (tertiary/aromatic N) is 1. The number of amides is 2. The molecule has 2 fully saturated rings. The van der Waals surface area contributed by atoms with Crippen molar-refractivity contribution in [3.8, 4) is 0 Å². The number of esters is 1. The highest BCUT2D eigenvalue weighted by atomic mass is 16.5. The van der Waals surface area contributed by atoms with Crippen molar-refractivity contribution in [1.29, 1.82) is 0 Å². The Labute approximate surface area is 162 Å². The fourth-order valence-electron chi connectivity index (χ4n) is 4.71. The van der Waals surface area contributed by atoms with E-state index >= 15 is 0 Å². The van der Waals surface area contributed by atoms with E-state index in [0.717, 1.165) is 12.0 Å². The molecular weight excluding hydrogens is 354 g/mol. The number of anilines is 1. The molecule has 140 valence electrons. The van der Waals surface area contributed by atoms with Crippen molar-refractivity contribution in [2.45, 2.75) is 13.0 Å². The maximum atomic E-state index is 12.8. The quantitative estimate of drug-likeness (QED) is 0.468. The Balaban J connectivity index is 1.30. The second kappa shape index (κ2) is 6.44. The van der Waals surface area contributed by atoms with Crippen LogP contribution in [0.1, 0.15) is 22.3 Å². The molecule has 2 aromatic carbocycles. The first kappa shape index (κ1) is 16.9. The van der Waals surface area contributed by atoms with Gasteiger partial charge in [0.05, 0.1) is 23.1 Å². The first-order valence-corrected chi connectivity index (χ1v) is 9.51. The Morgan fingerprint density at radius 2 is 1.50 bits per heavy atom. The second-order valence-electron chi connectivity index (χ2n) is 7.62. The van der Waals surface area contributed by atoms with Crippen molar-refractivity contribution in [2.75, 3.05) is 4.90 Å². The number of imide groups is 1. The number of carbonyl (C=O) groups is 3. The highest BCUT2D eigenvalue weighted by molar-refractivity contribution is 6.22. The van der Waals surface area contributed by atoms with Crippen LogP contribution < -0.4 is 4.90 Å². The molecule has 1 saturated heterocycles. The predicted molar refractivity (Wildman–Crippen MR) is 102 cm³/mol. The van der Waals surface area contributed by atoms with Crippen LogP contribution in [0.5, 0.6) is 0 Å². The van der Waals surface area contributed by atoms with E-state index in [1.165, 1.54) is 4.90 Å². The van der Waals surface area contributed by atoms with Gasteiger partial charge in [0.15, 0.2) is 0 Å². The number of hydrogen-bond donors (Lipinski definition) is 0. The van der Waals surface area contributed by atoms with Crippen LogP contribution in [0, 0.1) is 23.7 Å². The molecule has 0 unspecified atom stereocenters. The van der Waals surface area contributed by atoms with Crippen LogP contribution in [0.3, 0.4) is 0 Å². The van der Waals surface area contributed by atoms with Gasteiger partial charge in [0.25, 0.3) is 0 Å².